The molecule has 0 saturated heterocycles. The monoisotopic (exact) mass is 785 g/mol. The Hall–Kier alpha value is -5.96. The fourth-order valence-electron chi connectivity index (χ4n) is 6.43. The lowest BCUT2D eigenvalue weighted by atomic mass is 9.89. The van der Waals surface area contributed by atoms with E-state index in [-0.39, 0.29) is 24.3 Å². The molecule has 1 atom stereocenters. The lowest BCUT2D eigenvalue weighted by Gasteiger charge is -2.28. The minimum atomic E-state index is -0.936. The summed E-state index contributed by atoms with van der Waals surface area (Å²) in [4.78, 5) is 34.2. The molecule has 0 N–H and O–H groups in total. The van der Waals surface area contributed by atoms with E-state index in [0.29, 0.717) is 59.0 Å². The van der Waals surface area contributed by atoms with Crippen LogP contribution in [0.4, 0.5) is 0 Å². The minimum absolute atomic E-state index is 0.134. The second-order valence-electron chi connectivity index (χ2n) is 11.9. The molecule has 1 unspecified atom stereocenters. The van der Waals surface area contributed by atoms with Gasteiger partial charge in [0.2, 0.25) is 0 Å². The number of aromatic nitrogens is 1. The molecule has 7 rings (SSSR count). The second-order valence-corrected chi connectivity index (χ2v) is 13.8. The summed E-state index contributed by atoms with van der Waals surface area (Å²) >= 11 is 4.88. The molecule has 0 fully saturated rings. The van der Waals surface area contributed by atoms with E-state index in [1.54, 1.807) is 48.9 Å². The Morgan fingerprint density at radius 3 is 2.43 bits per heavy atom. The van der Waals surface area contributed by atoms with Gasteiger partial charge in [-0.2, -0.15) is 5.26 Å². The van der Waals surface area contributed by atoms with E-state index in [1.165, 1.54) is 18.4 Å². The molecule has 2 heterocycles. The number of thiazole rings is 1. The van der Waals surface area contributed by atoms with Gasteiger partial charge in [0, 0.05) is 21.2 Å². The van der Waals surface area contributed by atoms with Crippen molar-refractivity contribution in [1.82, 2.24) is 4.57 Å². The lowest BCUT2D eigenvalue weighted by molar-refractivity contribution is -0.138. The molecule has 1 aromatic heterocycles. The van der Waals surface area contributed by atoms with E-state index >= 15 is 0 Å². The maximum atomic E-state index is 14.7. The highest BCUT2D eigenvalue weighted by molar-refractivity contribution is 9.10. The van der Waals surface area contributed by atoms with Crippen LogP contribution in [-0.2, 0) is 16.1 Å². The van der Waals surface area contributed by atoms with E-state index < -0.39 is 12.0 Å². The fourth-order valence-corrected chi connectivity index (χ4v) is 7.86. The quantitative estimate of drug-likeness (QED) is 0.134. The first-order chi connectivity index (χ1) is 25.9. The summed E-state index contributed by atoms with van der Waals surface area (Å²) in [6.07, 6.45) is 1.76. The summed E-state index contributed by atoms with van der Waals surface area (Å²) in [7, 11) is 3.11. The van der Waals surface area contributed by atoms with Crippen LogP contribution < -0.4 is 29.1 Å². The maximum absolute atomic E-state index is 14.7. The van der Waals surface area contributed by atoms with E-state index in [4.69, 9.17) is 23.9 Å². The van der Waals surface area contributed by atoms with Gasteiger partial charge in [0.15, 0.2) is 16.3 Å². The number of hydrogen-bond donors (Lipinski definition) is 0. The van der Waals surface area contributed by atoms with Crippen LogP contribution in [0.1, 0.15) is 40.8 Å². The topological polar surface area (TPSA) is 112 Å². The molecule has 9 nitrogen and oxygen atoms in total. The van der Waals surface area contributed by atoms with Crippen molar-refractivity contribution in [3.8, 4) is 23.3 Å². The van der Waals surface area contributed by atoms with Crippen LogP contribution in [0.5, 0.6) is 17.2 Å². The van der Waals surface area contributed by atoms with Crippen LogP contribution in [0.2, 0.25) is 0 Å². The number of halogens is 1. The zero-order valence-corrected chi connectivity index (χ0v) is 31.4. The molecule has 5 aromatic carbocycles. The van der Waals surface area contributed by atoms with Gasteiger partial charge in [-0.15, -0.1) is 0 Å². The summed E-state index contributed by atoms with van der Waals surface area (Å²) in [5.74, 6) is 0.834. The van der Waals surface area contributed by atoms with Crippen molar-refractivity contribution in [3.63, 3.8) is 0 Å². The van der Waals surface area contributed by atoms with Crippen molar-refractivity contribution in [3.05, 3.63) is 161 Å². The van der Waals surface area contributed by atoms with Gasteiger partial charge in [-0.3, -0.25) is 9.36 Å². The second kappa shape index (κ2) is 15.3. The number of esters is 1. The number of nitrogens with zero attached hydrogens (tertiary/aromatic N) is 3. The van der Waals surface area contributed by atoms with Gasteiger partial charge in [-0.1, -0.05) is 106 Å². The van der Waals surface area contributed by atoms with Crippen molar-refractivity contribution in [2.75, 3.05) is 20.8 Å². The molecule has 264 valence electrons. The Morgan fingerprint density at radius 1 is 0.943 bits per heavy atom. The molecule has 0 saturated carbocycles. The Balaban J connectivity index is 1.44. The number of carbonyl (C=O) groups excluding carboxylic acids is 1. The summed E-state index contributed by atoms with van der Waals surface area (Å²) in [5.41, 5.74) is 3.58. The number of rotatable bonds is 10. The van der Waals surface area contributed by atoms with E-state index in [9.17, 15) is 14.9 Å². The standard InChI is InChI=1S/C42H32BrN3O6S/c1-4-51-41(48)37-38(26-13-6-5-7-14-26)45-42-46(39(37)36-30-17-11-10-12-25(30)18-19-32(36)49-2)40(47)35(53-42)21-29-20-33(50-3)34(22-31(29)43)52-24-28-16-9-8-15-27(28)23-44/h5-22,39H,4,24H2,1-3H3. The summed E-state index contributed by atoms with van der Waals surface area (Å²) in [5, 5.41) is 11.2. The van der Waals surface area contributed by atoms with E-state index in [0.717, 1.165) is 16.3 Å². The van der Waals surface area contributed by atoms with E-state index in [1.807, 2.05) is 78.9 Å². The summed E-state index contributed by atoms with van der Waals surface area (Å²) in [6.45, 7) is 2.04. The average Bonchev–Trinajstić information content (AvgIpc) is 3.50. The molecule has 0 radical (unpaired) electrons. The highest BCUT2D eigenvalue weighted by Gasteiger charge is 2.37. The van der Waals surface area contributed by atoms with Gasteiger partial charge < -0.3 is 18.9 Å². The van der Waals surface area contributed by atoms with Crippen molar-refractivity contribution >= 4 is 55.8 Å². The number of nitriles is 1. The van der Waals surface area contributed by atoms with Gasteiger partial charge in [0.05, 0.1) is 48.3 Å². The van der Waals surface area contributed by atoms with E-state index in [2.05, 4.69) is 22.0 Å². The average molecular weight is 787 g/mol. The predicted molar refractivity (Wildman–Crippen MR) is 208 cm³/mol. The maximum Gasteiger partial charge on any atom is 0.338 e. The van der Waals surface area contributed by atoms with Gasteiger partial charge in [0.1, 0.15) is 18.4 Å². The number of carbonyl (C=O) groups is 1. The molecule has 0 amide bonds. The van der Waals surface area contributed by atoms with Crippen LogP contribution in [0.25, 0.3) is 22.5 Å². The van der Waals surface area contributed by atoms with Gasteiger partial charge in [-0.25, -0.2) is 9.79 Å². The number of fused-ring (bicyclic) bond motifs is 2. The minimum Gasteiger partial charge on any atom is -0.496 e. The van der Waals surface area contributed by atoms with Crippen LogP contribution in [0.3, 0.4) is 0 Å². The number of benzene rings is 5. The van der Waals surface area contributed by atoms with Crippen molar-refractivity contribution in [2.24, 2.45) is 4.99 Å². The SMILES string of the molecule is CCOC(=O)C1=C(c2ccccc2)N=c2sc(=Cc3cc(OC)c(OCc4ccccc4C#N)cc3Br)c(=O)n2C1c1c(OC)ccc2ccccc12. The Bertz CT molecular complexity index is 2640. The van der Waals surface area contributed by atoms with Gasteiger partial charge in [-0.05, 0) is 53.6 Å². The van der Waals surface area contributed by atoms with Crippen LogP contribution in [0.15, 0.2) is 123 Å². The molecular weight excluding hydrogens is 754 g/mol. The van der Waals surface area contributed by atoms with Gasteiger partial charge in [0.25, 0.3) is 5.56 Å². The normalized spacial score (nSPS) is 13.9. The summed E-state index contributed by atoms with van der Waals surface area (Å²) < 4.78 is 26.0. The summed E-state index contributed by atoms with van der Waals surface area (Å²) in [6, 6.07) is 33.1. The highest BCUT2D eigenvalue weighted by Crippen LogP contribution is 2.42. The van der Waals surface area contributed by atoms with Crippen LogP contribution >= 0.6 is 27.3 Å². The molecule has 53 heavy (non-hydrogen) atoms. The number of methoxy groups -OCH3 is 2. The zero-order valence-electron chi connectivity index (χ0n) is 29.0. The Kier molecular flexibility index (Phi) is 10.3. The van der Waals surface area contributed by atoms with Crippen LogP contribution in [0, 0.1) is 11.3 Å². The molecular formula is C42H32BrN3O6S. The first kappa shape index (κ1) is 35.4. The molecule has 11 heteroatoms. The molecule has 0 aliphatic carbocycles. The molecule has 6 aromatic rings. The van der Waals surface area contributed by atoms with Gasteiger partial charge >= 0.3 is 5.97 Å². The number of ether oxygens (including phenoxy) is 4. The largest absolute Gasteiger partial charge is 0.496 e. The van der Waals surface area contributed by atoms with Crippen molar-refractivity contribution in [1.29, 1.82) is 5.26 Å². The van der Waals surface area contributed by atoms with Crippen molar-refractivity contribution < 1.29 is 23.7 Å². The number of hydrogen-bond acceptors (Lipinski definition) is 9. The Morgan fingerprint density at radius 2 is 1.68 bits per heavy atom. The van der Waals surface area contributed by atoms with Crippen LogP contribution in [-0.4, -0.2) is 31.4 Å². The molecule has 1 aliphatic rings. The first-order valence-electron chi connectivity index (χ1n) is 16.7. The molecule has 0 spiro atoms. The predicted octanol–water partition coefficient (Wildman–Crippen LogP) is 7.32. The third-order valence-electron chi connectivity index (χ3n) is 8.89. The highest BCUT2D eigenvalue weighted by atomic mass is 79.9. The smallest absolute Gasteiger partial charge is 0.338 e. The molecule has 0 bridgehead atoms. The Labute approximate surface area is 317 Å². The third-order valence-corrected chi connectivity index (χ3v) is 10.6. The third kappa shape index (κ3) is 6.75. The zero-order chi connectivity index (χ0) is 37.1. The van der Waals surface area contributed by atoms with Crippen molar-refractivity contribution in [2.45, 2.75) is 19.6 Å². The lowest BCUT2D eigenvalue weighted by Crippen LogP contribution is -2.40. The molecule has 1 aliphatic heterocycles. The fraction of sp³-hybridized carbons (Fsp3) is 0.143. The first-order valence-corrected chi connectivity index (χ1v) is 18.3.